The quantitative estimate of drug-likeness (QED) is 0.387. The Morgan fingerprint density at radius 2 is 1.96 bits per heavy atom. The normalized spacial score (nSPS) is 12.3. The molecule has 0 N–H and O–H groups in total. The number of imidazole rings is 1. The van der Waals surface area contributed by atoms with E-state index in [0.717, 1.165) is 31.5 Å². The van der Waals surface area contributed by atoms with Crippen molar-refractivity contribution in [2.75, 3.05) is 5.75 Å². The number of hydrogen-bond acceptors (Lipinski definition) is 4. The Kier molecular flexibility index (Phi) is 4.97. The number of thiophene rings is 1. The van der Waals surface area contributed by atoms with Crippen molar-refractivity contribution in [3.63, 3.8) is 0 Å². The van der Waals surface area contributed by atoms with Gasteiger partial charge in [-0.1, -0.05) is 6.92 Å². The van der Waals surface area contributed by atoms with Gasteiger partial charge in [0.05, 0.1) is 13.3 Å². The van der Waals surface area contributed by atoms with E-state index in [4.69, 9.17) is 0 Å². The molecule has 0 aromatic carbocycles. The molecule has 4 nitrogen and oxygen atoms in total. The van der Waals surface area contributed by atoms with Crippen LogP contribution >= 0.6 is 45.7 Å². The third-order valence-electron chi connectivity index (χ3n) is 3.73. The standard InChI is InChI=1S/C15H13F3IN3OS2/c1-4-24-8-6-10(19)25-12(8)13-20-7-5-9(15(16,17)18)21(2)14(23)11(7)22(13)3/h5-6H,4H2,1-3H3. The molecule has 0 saturated heterocycles. The summed E-state index contributed by atoms with van der Waals surface area (Å²) in [4.78, 5) is 18.7. The number of hydrogen-bond donors (Lipinski definition) is 0. The van der Waals surface area contributed by atoms with Crippen molar-refractivity contribution in [1.29, 1.82) is 0 Å². The van der Waals surface area contributed by atoms with Gasteiger partial charge in [0.1, 0.15) is 11.2 Å². The molecule has 0 saturated carbocycles. The second-order valence-corrected chi connectivity index (χ2v) is 9.55. The number of aromatic nitrogens is 3. The second kappa shape index (κ2) is 6.62. The molecule has 3 aromatic rings. The molecule has 0 radical (unpaired) electrons. The van der Waals surface area contributed by atoms with Gasteiger partial charge in [0.15, 0.2) is 5.82 Å². The van der Waals surface area contributed by atoms with E-state index in [1.54, 1.807) is 23.4 Å². The van der Waals surface area contributed by atoms with E-state index in [0.29, 0.717) is 10.4 Å². The second-order valence-electron chi connectivity index (χ2n) is 5.30. The van der Waals surface area contributed by atoms with E-state index < -0.39 is 17.4 Å². The molecule has 3 rings (SSSR count). The van der Waals surface area contributed by atoms with Gasteiger partial charge in [-0.2, -0.15) is 13.2 Å². The molecule has 0 bridgehead atoms. The summed E-state index contributed by atoms with van der Waals surface area (Å²) in [6, 6.07) is 2.96. The van der Waals surface area contributed by atoms with Gasteiger partial charge in [-0.05, 0) is 40.5 Å². The van der Waals surface area contributed by atoms with Crippen LogP contribution in [0.5, 0.6) is 0 Å². The summed E-state index contributed by atoms with van der Waals surface area (Å²) in [5.41, 5.74) is -1.48. The molecule has 10 heteroatoms. The van der Waals surface area contributed by atoms with E-state index in [-0.39, 0.29) is 11.0 Å². The SMILES string of the molecule is CCSc1cc(I)sc1-c1nc2cc(C(F)(F)F)n(C)c(=O)c2n1C. The average molecular weight is 499 g/mol. The third-order valence-corrected chi connectivity index (χ3v) is 6.67. The van der Waals surface area contributed by atoms with Gasteiger partial charge in [0.2, 0.25) is 0 Å². The van der Waals surface area contributed by atoms with Crippen LogP contribution in [-0.4, -0.2) is 19.9 Å². The molecule has 0 atom stereocenters. The Morgan fingerprint density at radius 3 is 2.56 bits per heavy atom. The smallest absolute Gasteiger partial charge is 0.322 e. The molecule has 25 heavy (non-hydrogen) atoms. The molecule has 0 fully saturated rings. The number of halogens is 4. The Bertz CT molecular complexity index is 1020. The lowest BCUT2D eigenvalue weighted by Gasteiger charge is -2.11. The molecule has 0 unspecified atom stereocenters. The lowest BCUT2D eigenvalue weighted by molar-refractivity contribution is -0.143. The maximum Gasteiger partial charge on any atom is 0.431 e. The fraction of sp³-hybridized carbons (Fsp3) is 0.333. The molecule has 0 spiro atoms. The molecular formula is C15H13F3IN3OS2. The molecule has 0 aliphatic rings. The molecular weight excluding hydrogens is 486 g/mol. The van der Waals surface area contributed by atoms with Gasteiger partial charge in [-0.15, -0.1) is 23.1 Å². The summed E-state index contributed by atoms with van der Waals surface area (Å²) >= 11 is 5.35. The van der Waals surface area contributed by atoms with Gasteiger partial charge < -0.3 is 9.13 Å². The predicted molar refractivity (Wildman–Crippen MR) is 103 cm³/mol. The first-order valence-corrected chi connectivity index (χ1v) is 10.1. The summed E-state index contributed by atoms with van der Waals surface area (Å²) in [7, 11) is 2.79. The van der Waals surface area contributed by atoms with Crippen molar-refractivity contribution in [2.45, 2.75) is 18.0 Å². The zero-order valence-corrected chi connectivity index (χ0v) is 17.2. The lowest BCUT2D eigenvalue weighted by Crippen LogP contribution is -2.26. The van der Waals surface area contributed by atoms with Crippen LogP contribution in [0.1, 0.15) is 12.6 Å². The van der Waals surface area contributed by atoms with E-state index in [9.17, 15) is 18.0 Å². The Balaban J connectivity index is 2.32. The van der Waals surface area contributed by atoms with E-state index >= 15 is 0 Å². The lowest BCUT2D eigenvalue weighted by atomic mass is 10.3. The molecule has 3 heterocycles. The van der Waals surface area contributed by atoms with E-state index in [1.807, 2.05) is 13.0 Å². The highest BCUT2D eigenvalue weighted by Gasteiger charge is 2.35. The summed E-state index contributed by atoms with van der Waals surface area (Å²) in [5.74, 6) is 1.37. The third kappa shape index (κ3) is 3.23. The van der Waals surface area contributed by atoms with Crippen molar-refractivity contribution < 1.29 is 13.2 Å². The van der Waals surface area contributed by atoms with Crippen LogP contribution < -0.4 is 5.56 Å². The summed E-state index contributed by atoms with van der Waals surface area (Å²) in [5, 5.41) is 0. The molecule has 0 amide bonds. The zero-order chi connectivity index (χ0) is 18.5. The first-order valence-electron chi connectivity index (χ1n) is 7.21. The number of pyridine rings is 1. The van der Waals surface area contributed by atoms with E-state index in [2.05, 4.69) is 27.6 Å². The highest BCUT2D eigenvalue weighted by atomic mass is 127. The van der Waals surface area contributed by atoms with Crippen LogP contribution in [0.15, 0.2) is 21.8 Å². The van der Waals surface area contributed by atoms with Crippen LogP contribution in [0.2, 0.25) is 0 Å². The largest absolute Gasteiger partial charge is 0.431 e. The van der Waals surface area contributed by atoms with Crippen molar-refractivity contribution in [3.05, 3.63) is 31.1 Å². The summed E-state index contributed by atoms with van der Waals surface area (Å²) in [6.07, 6.45) is -4.61. The predicted octanol–water partition coefficient (Wildman–Crippen LogP) is 4.74. The minimum Gasteiger partial charge on any atom is -0.322 e. The maximum absolute atomic E-state index is 13.2. The highest BCUT2D eigenvalue weighted by molar-refractivity contribution is 14.1. The van der Waals surface area contributed by atoms with Crippen molar-refractivity contribution in [3.8, 4) is 10.7 Å². The highest BCUT2D eigenvalue weighted by Crippen LogP contribution is 2.40. The van der Waals surface area contributed by atoms with Crippen molar-refractivity contribution in [1.82, 2.24) is 14.1 Å². The number of nitrogens with zero attached hydrogens (tertiary/aromatic N) is 3. The molecule has 134 valence electrons. The number of aryl methyl sites for hydroxylation is 1. The molecule has 0 aliphatic heterocycles. The van der Waals surface area contributed by atoms with Crippen LogP contribution in [-0.2, 0) is 20.3 Å². The fourth-order valence-electron chi connectivity index (χ4n) is 2.61. The number of alkyl halides is 3. The van der Waals surface area contributed by atoms with Gasteiger partial charge in [0.25, 0.3) is 5.56 Å². The Labute approximate surface area is 163 Å². The first-order chi connectivity index (χ1) is 11.6. The number of fused-ring (bicyclic) bond motifs is 1. The van der Waals surface area contributed by atoms with Crippen LogP contribution in [0.4, 0.5) is 13.2 Å². The summed E-state index contributed by atoms with van der Waals surface area (Å²) < 4.78 is 42.7. The van der Waals surface area contributed by atoms with Crippen LogP contribution in [0.25, 0.3) is 21.7 Å². The van der Waals surface area contributed by atoms with Gasteiger partial charge in [-0.25, -0.2) is 4.98 Å². The van der Waals surface area contributed by atoms with Crippen LogP contribution in [0, 0.1) is 2.88 Å². The topological polar surface area (TPSA) is 39.8 Å². The average Bonchev–Trinajstić information content (AvgIpc) is 3.02. The van der Waals surface area contributed by atoms with Crippen molar-refractivity contribution in [2.24, 2.45) is 14.1 Å². The van der Waals surface area contributed by atoms with Crippen molar-refractivity contribution >= 4 is 56.7 Å². The minimum atomic E-state index is -4.61. The van der Waals surface area contributed by atoms with Gasteiger partial charge in [-0.3, -0.25) is 4.79 Å². The monoisotopic (exact) mass is 499 g/mol. The fourth-order valence-corrected chi connectivity index (χ4v) is 5.71. The summed E-state index contributed by atoms with van der Waals surface area (Å²) in [6.45, 7) is 2.03. The van der Waals surface area contributed by atoms with Crippen LogP contribution in [0.3, 0.4) is 0 Å². The zero-order valence-electron chi connectivity index (χ0n) is 13.4. The molecule has 3 aromatic heterocycles. The van der Waals surface area contributed by atoms with E-state index in [1.165, 1.54) is 11.3 Å². The first kappa shape index (κ1) is 18.8. The Hall–Kier alpha value is -1.01. The number of rotatable bonds is 3. The maximum atomic E-state index is 13.2. The van der Waals surface area contributed by atoms with Gasteiger partial charge in [0, 0.05) is 19.0 Å². The number of thioether (sulfide) groups is 1. The Morgan fingerprint density at radius 1 is 1.28 bits per heavy atom. The molecule has 0 aliphatic carbocycles. The van der Waals surface area contributed by atoms with Gasteiger partial charge >= 0.3 is 6.18 Å². The minimum absolute atomic E-state index is 0.0591.